The maximum absolute atomic E-state index is 12.5. The summed E-state index contributed by atoms with van der Waals surface area (Å²) in [6, 6.07) is -0.152. The van der Waals surface area contributed by atoms with Gasteiger partial charge in [-0.25, -0.2) is 9.78 Å². The number of nitrogens with zero attached hydrogens (tertiary/aromatic N) is 5. The van der Waals surface area contributed by atoms with Gasteiger partial charge in [-0.1, -0.05) is 12.2 Å². The van der Waals surface area contributed by atoms with Crippen LogP contribution in [-0.2, 0) is 18.3 Å². The minimum atomic E-state index is -0.152. The fourth-order valence-corrected chi connectivity index (χ4v) is 4.30. The minimum absolute atomic E-state index is 0.102. The summed E-state index contributed by atoms with van der Waals surface area (Å²) < 4.78 is 1.67. The van der Waals surface area contributed by atoms with Crippen molar-refractivity contribution in [2.45, 2.75) is 25.7 Å². The van der Waals surface area contributed by atoms with E-state index in [2.05, 4.69) is 22.2 Å². The first kappa shape index (κ1) is 15.4. The number of allylic oxidation sites excluding steroid dienone is 2. The molecule has 3 atom stereocenters. The molecule has 128 valence electrons. The molecule has 1 saturated heterocycles. The van der Waals surface area contributed by atoms with E-state index in [-0.39, 0.29) is 18.5 Å². The second-order valence-electron chi connectivity index (χ2n) is 7.13. The maximum Gasteiger partial charge on any atom is 0.327 e. The fourth-order valence-electron chi connectivity index (χ4n) is 4.30. The molecule has 1 aliphatic heterocycles. The fraction of sp³-hybridized carbons (Fsp3) is 0.647. The van der Waals surface area contributed by atoms with Gasteiger partial charge in [0.05, 0.1) is 0 Å². The molecule has 1 saturated carbocycles. The van der Waals surface area contributed by atoms with Gasteiger partial charge in [0, 0.05) is 26.6 Å². The van der Waals surface area contributed by atoms with Gasteiger partial charge in [-0.15, -0.1) is 0 Å². The van der Waals surface area contributed by atoms with Crippen LogP contribution in [0.4, 0.5) is 4.79 Å². The first-order valence-electron chi connectivity index (χ1n) is 8.72. The van der Waals surface area contributed by atoms with Crippen LogP contribution in [-0.4, -0.2) is 56.1 Å². The summed E-state index contributed by atoms with van der Waals surface area (Å²) >= 11 is 0. The number of aryl methyl sites for hydroxylation is 1. The lowest BCUT2D eigenvalue weighted by molar-refractivity contribution is -0.125. The number of rotatable bonds is 6. The average molecular weight is 329 g/mol. The number of aromatic nitrogens is 3. The zero-order valence-electron chi connectivity index (χ0n) is 14.0. The normalized spacial score (nSPS) is 28.6. The number of amides is 3. The zero-order valence-corrected chi connectivity index (χ0v) is 14.0. The van der Waals surface area contributed by atoms with Gasteiger partial charge in [0.1, 0.15) is 18.7 Å². The van der Waals surface area contributed by atoms with Gasteiger partial charge in [-0.3, -0.25) is 14.4 Å². The smallest absolute Gasteiger partial charge is 0.315 e. The lowest BCUT2D eigenvalue weighted by atomic mass is 9.90. The van der Waals surface area contributed by atoms with Crippen molar-refractivity contribution in [3.63, 3.8) is 0 Å². The second-order valence-corrected chi connectivity index (χ2v) is 7.13. The zero-order chi connectivity index (χ0) is 16.7. The van der Waals surface area contributed by atoms with Crippen molar-refractivity contribution in [2.24, 2.45) is 24.8 Å². The average Bonchev–Trinajstić information content (AvgIpc) is 3.31. The Hall–Kier alpha value is -2.18. The van der Waals surface area contributed by atoms with Gasteiger partial charge < -0.3 is 4.90 Å². The number of carbonyl (C=O) groups is 2. The Bertz CT molecular complexity index is 682. The highest BCUT2D eigenvalue weighted by Crippen LogP contribution is 2.44. The molecule has 7 nitrogen and oxygen atoms in total. The molecule has 4 rings (SSSR count). The molecule has 1 aromatic heterocycles. The lowest BCUT2D eigenvalue weighted by Gasteiger charge is -2.22. The molecule has 3 amide bonds. The lowest BCUT2D eigenvalue weighted by Crippen LogP contribution is -2.35. The van der Waals surface area contributed by atoms with Gasteiger partial charge in [0.2, 0.25) is 5.91 Å². The van der Waals surface area contributed by atoms with E-state index in [0.29, 0.717) is 31.3 Å². The number of carbonyl (C=O) groups excluding carboxylic acids is 2. The van der Waals surface area contributed by atoms with Gasteiger partial charge >= 0.3 is 6.03 Å². The van der Waals surface area contributed by atoms with Crippen molar-refractivity contribution >= 4 is 11.9 Å². The van der Waals surface area contributed by atoms with Gasteiger partial charge in [-0.05, 0) is 37.0 Å². The highest BCUT2D eigenvalue weighted by molar-refractivity contribution is 6.01. The predicted molar refractivity (Wildman–Crippen MR) is 86.9 cm³/mol. The monoisotopic (exact) mass is 329 g/mol. The van der Waals surface area contributed by atoms with E-state index in [1.165, 1.54) is 24.1 Å². The third kappa shape index (κ3) is 2.72. The van der Waals surface area contributed by atoms with Gasteiger partial charge in [-0.2, -0.15) is 5.10 Å². The number of fused-ring (bicyclic) bond motifs is 2. The summed E-state index contributed by atoms with van der Waals surface area (Å²) in [5.41, 5.74) is 0. The van der Waals surface area contributed by atoms with Crippen LogP contribution < -0.4 is 0 Å². The molecule has 2 fully saturated rings. The highest BCUT2D eigenvalue weighted by Gasteiger charge is 2.38. The SMILES string of the molecule is Cn1ncnc1CCN1C(=O)CN(CC[C@@H]2C[C@@H]3C=C[C@H]2C3)C1=O. The van der Waals surface area contributed by atoms with Gasteiger partial charge in [0.15, 0.2) is 0 Å². The highest BCUT2D eigenvalue weighted by atomic mass is 16.2. The summed E-state index contributed by atoms with van der Waals surface area (Å²) in [7, 11) is 1.81. The van der Waals surface area contributed by atoms with Crippen molar-refractivity contribution in [1.82, 2.24) is 24.6 Å². The summed E-state index contributed by atoms with van der Waals surface area (Å²) in [4.78, 5) is 31.9. The van der Waals surface area contributed by atoms with E-state index in [0.717, 1.165) is 18.2 Å². The first-order chi connectivity index (χ1) is 11.6. The van der Waals surface area contributed by atoms with Crippen LogP contribution in [0.15, 0.2) is 18.5 Å². The summed E-state index contributed by atoms with van der Waals surface area (Å²) in [5, 5.41) is 4.01. The molecule has 2 bridgehead atoms. The van der Waals surface area contributed by atoms with Crippen LogP contribution in [0.2, 0.25) is 0 Å². The summed E-state index contributed by atoms with van der Waals surface area (Å²) in [6.45, 7) is 1.28. The molecule has 24 heavy (non-hydrogen) atoms. The molecule has 2 heterocycles. The molecular formula is C17H23N5O2. The van der Waals surface area contributed by atoms with Crippen molar-refractivity contribution in [1.29, 1.82) is 0 Å². The molecular weight excluding hydrogens is 306 g/mol. The van der Waals surface area contributed by atoms with Crippen molar-refractivity contribution in [3.05, 3.63) is 24.3 Å². The van der Waals surface area contributed by atoms with E-state index in [1.54, 1.807) is 9.58 Å². The Morgan fingerprint density at radius 3 is 2.75 bits per heavy atom. The van der Waals surface area contributed by atoms with Crippen LogP contribution in [0.5, 0.6) is 0 Å². The molecule has 7 heteroatoms. The van der Waals surface area contributed by atoms with E-state index in [9.17, 15) is 9.59 Å². The predicted octanol–water partition coefficient (Wildman–Crippen LogP) is 1.22. The third-order valence-electron chi connectivity index (χ3n) is 5.68. The molecule has 1 aromatic rings. The van der Waals surface area contributed by atoms with Crippen molar-refractivity contribution < 1.29 is 9.59 Å². The minimum Gasteiger partial charge on any atom is -0.315 e. The molecule has 0 aromatic carbocycles. The van der Waals surface area contributed by atoms with Crippen LogP contribution in [0, 0.1) is 17.8 Å². The maximum atomic E-state index is 12.5. The molecule has 0 unspecified atom stereocenters. The van der Waals surface area contributed by atoms with Crippen molar-refractivity contribution in [2.75, 3.05) is 19.6 Å². The Kier molecular flexibility index (Phi) is 3.86. The number of hydrogen-bond acceptors (Lipinski definition) is 4. The molecule has 3 aliphatic rings. The van der Waals surface area contributed by atoms with E-state index in [4.69, 9.17) is 0 Å². The molecule has 0 N–H and O–H groups in total. The Balaban J connectivity index is 1.30. The molecule has 0 spiro atoms. The second kappa shape index (κ2) is 6.03. The Labute approximate surface area is 141 Å². The quantitative estimate of drug-likeness (QED) is 0.581. The van der Waals surface area contributed by atoms with Gasteiger partial charge in [0.25, 0.3) is 0 Å². The van der Waals surface area contributed by atoms with Crippen LogP contribution in [0.25, 0.3) is 0 Å². The standard InChI is InChI=1S/C17H23N5O2/c1-20-15(18-11-19-20)5-7-22-16(23)10-21(17(22)24)6-4-14-9-12-2-3-13(14)8-12/h2-3,11-14H,4-10H2,1H3/t12-,13+,14-/m1/s1. The van der Waals surface area contributed by atoms with E-state index in [1.807, 2.05) is 7.05 Å². The summed E-state index contributed by atoms with van der Waals surface area (Å²) in [5.74, 6) is 2.79. The number of urea groups is 1. The van der Waals surface area contributed by atoms with Crippen molar-refractivity contribution in [3.8, 4) is 0 Å². The topological polar surface area (TPSA) is 71.3 Å². The largest absolute Gasteiger partial charge is 0.327 e. The first-order valence-corrected chi connectivity index (χ1v) is 8.72. The molecule has 2 aliphatic carbocycles. The van der Waals surface area contributed by atoms with Crippen LogP contribution >= 0.6 is 0 Å². The third-order valence-corrected chi connectivity index (χ3v) is 5.68. The number of hydrogen-bond donors (Lipinski definition) is 0. The Morgan fingerprint density at radius 1 is 1.21 bits per heavy atom. The van der Waals surface area contributed by atoms with Crippen LogP contribution in [0.1, 0.15) is 25.1 Å². The summed E-state index contributed by atoms with van der Waals surface area (Å²) in [6.07, 6.45) is 10.2. The van der Waals surface area contributed by atoms with Crippen LogP contribution in [0.3, 0.4) is 0 Å². The van der Waals surface area contributed by atoms with E-state index >= 15 is 0 Å². The number of imide groups is 1. The Morgan fingerprint density at radius 2 is 2.08 bits per heavy atom. The molecule has 0 radical (unpaired) electrons. The van der Waals surface area contributed by atoms with E-state index < -0.39 is 0 Å².